The summed E-state index contributed by atoms with van der Waals surface area (Å²) in [5.74, 6) is -1.06. The molecule has 0 bridgehead atoms. The molecule has 0 spiro atoms. The van der Waals surface area contributed by atoms with Crippen molar-refractivity contribution in [1.29, 1.82) is 0 Å². The topological polar surface area (TPSA) is 97.1 Å². The summed E-state index contributed by atoms with van der Waals surface area (Å²) in [6, 6.07) is 8.85. The second kappa shape index (κ2) is 6.35. The Labute approximate surface area is 155 Å². The van der Waals surface area contributed by atoms with Crippen LogP contribution in [0, 0.1) is 13.8 Å². The van der Waals surface area contributed by atoms with Crippen molar-refractivity contribution in [2.24, 2.45) is 0 Å². The SMILES string of the molecule is Cc1nn(-c2ccnc(-c3cccc(C(=O)O)c3C)c2)c2c1C(=O)NCC2. The third kappa shape index (κ3) is 2.77. The van der Waals surface area contributed by atoms with Crippen LogP contribution in [0.3, 0.4) is 0 Å². The standard InChI is InChI=1S/C20H18N4O3/c1-11-14(4-3-5-15(11)20(26)27)16-10-13(6-8-21-16)24-17-7-9-22-19(25)18(17)12(2)23-24/h3-6,8,10H,7,9H2,1-2H3,(H,22,25)(H,26,27). The molecule has 7 heteroatoms. The highest BCUT2D eigenvalue weighted by Gasteiger charge is 2.25. The van der Waals surface area contributed by atoms with E-state index in [1.807, 2.05) is 25.1 Å². The number of aromatic carboxylic acids is 1. The van der Waals surface area contributed by atoms with Crippen LogP contribution in [0.1, 0.15) is 37.7 Å². The molecule has 0 atom stereocenters. The molecular formula is C20H18N4O3. The molecule has 0 fully saturated rings. The summed E-state index contributed by atoms with van der Waals surface area (Å²) in [7, 11) is 0. The number of nitrogens with zero attached hydrogens (tertiary/aromatic N) is 3. The predicted octanol–water partition coefficient (Wildman–Crippen LogP) is 2.54. The van der Waals surface area contributed by atoms with Gasteiger partial charge in [-0.15, -0.1) is 0 Å². The van der Waals surface area contributed by atoms with E-state index < -0.39 is 5.97 Å². The van der Waals surface area contributed by atoms with Crippen molar-refractivity contribution in [2.75, 3.05) is 6.54 Å². The summed E-state index contributed by atoms with van der Waals surface area (Å²) in [5, 5.41) is 16.8. The Balaban J connectivity index is 1.84. The number of aryl methyl sites for hydroxylation is 1. The average molecular weight is 362 g/mol. The number of benzene rings is 1. The number of fused-ring (bicyclic) bond motifs is 1. The summed E-state index contributed by atoms with van der Waals surface area (Å²) >= 11 is 0. The van der Waals surface area contributed by atoms with E-state index in [9.17, 15) is 14.7 Å². The molecule has 1 aliphatic rings. The lowest BCUT2D eigenvalue weighted by Gasteiger charge is -2.15. The van der Waals surface area contributed by atoms with E-state index in [2.05, 4.69) is 15.4 Å². The molecule has 4 rings (SSSR count). The number of nitrogens with one attached hydrogen (secondary N) is 1. The molecule has 0 unspecified atom stereocenters. The zero-order valence-electron chi connectivity index (χ0n) is 15.0. The number of hydrogen-bond acceptors (Lipinski definition) is 4. The van der Waals surface area contributed by atoms with Crippen LogP contribution < -0.4 is 5.32 Å². The Hall–Kier alpha value is -3.48. The van der Waals surface area contributed by atoms with E-state index in [-0.39, 0.29) is 11.5 Å². The smallest absolute Gasteiger partial charge is 0.335 e. The minimum Gasteiger partial charge on any atom is -0.478 e. The van der Waals surface area contributed by atoms with Crippen molar-refractivity contribution in [3.63, 3.8) is 0 Å². The van der Waals surface area contributed by atoms with Crippen molar-refractivity contribution in [3.05, 3.63) is 64.6 Å². The molecule has 1 amide bonds. The number of carbonyl (C=O) groups excluding carboxylic acids is 1. The molecule has 136 valence electrons. The number of amides is 1. The highest BCUT2D eigenvalue weighted by Crippen LogP contribution is 2.27. The molecule has 0 saturated carbocycles. The van der Waals surface area contributed by atoms with E-state index in [0.717, 1.165) is 16.9 Å². The maximum atomic E-state index is 12.2. The number of hydrogen-bond donors (Lipinski definition) is 2. The van der Waals surface area contributed by atoms with Gasteiger partial charge in [-0.25, -0.2) is 9.48 Å². The largest absolute Gasteiger partial charge is 0.478 e. The molecule has 2 N–H and O–H groups in total. The van der Waals surface area contributed by atoms with Crippen LogP contribution in [0.15, 0.2) is 36.5 Å². The van der Waals surface area contributed by atoms with Crippen LogP contribution in [0.25, 0.3) is 16.9 Å². The summed E-state index contributed by atoms with van der Waals surface area (Å²) in [4.78, 5) is 28.0. The monoisotopic (exact) mass is 362 g/mol. The van der Waals surface area contributed by atoms with Gasteiger partial charge in [-0.05, 0) is 37.6 Å². The van der Waals surface area contributed by atoms with Gasteiger partial charge in [0.1, 0.15) is 0 Å². The first kappa shape index (κ1) is 17.0. The van der Waals surface area contributed by atoms with Gasteiger partial charge in [0.25, 0.3) is 5.91 Å². The molecule has 2 aromatic heterocycles. The van der Waals surface area contributed by atoms with E-state index in [0.29, 0.717) is 35.5 Å². The van der Waals surface area contributed by atoms with Crippen molar-refractivity contribution in [3.8, 4) is 16.9 Å². The predicted molar refractivity (Wildman–Crippen MR) is 99.3 cm³/mol. The fraction of sp³-hybridized carbons (Fsp3) is 0.200. The van der Waals surface area contributed by atoms with E-state index in [1.54, 1.807) is 29.9 Å². The molecule has 3 aromatic rings. The third-order valence-corrected chi connectivity index (χ3v) is 4.86. The minimum absolute atomic E-state index is 0.0979. The first-order chi connectivity index (χ1) is 13.0. The van der Waals surface area contributed by atoms with Gasteiger partial charge in [-0.2, -0.15) is 5.10 Å². The molecule has 0 saturated heterocycles. The van der Waals surface area contributed by atoms with Gasteiger partial charge in [0.15, 0.2) is 0 Å². The van der Waals surface area contributed by atoms with Gasteiger partial charge in [0.05, 0.1) is 33.9 Å². The van der Waals surface area contributed by atoms with Crippen molar-refractivity contribution in [2.45, 2.75) is 20.3 Å². The van der Waals surface area contributed by atoms with Crippen molar-refractivity contribution < 1.29 is 14.7 Å². The second-order valence-corrected chi connectivity index (χ2v) is 6.51. The first-order valence-electron chi connectivity index (χ1n) is 8.63. The Morgan fingerprint density at radius 2 is 2.07 bits per heavy atom. The van der Waals surface area contributed by atoms with Crippen LogP contribution in [0.4, 0.5) is 0 Å². The molecule has 1 aliphatic heterocycles. The maximum Gasteiger partial charge on any atom is 0.335 e. The molecular weight excluding hydrogens is 344 g/mol. The number of carboxylic acid groups (broad SMARTS) is 1. The zero-order chi connectivity index (χ0) is 19.1. The van der Waals surface area contributed by atoms with Gasteiger partial charge in [-0.1, -0.05) is 12.1 Å². The lowest BCUT2D eigenvalue weighted by atomic mass is 9.99. The van der Waals surface area contributed by atoms with Crippen LogP contribution in [-0.2, 0) is 6.42 Å². The number of carboxylic acids is 1. The zero-order valence-corrected chi connectivity index (χ0v) is 15.0. The van der Waals surface area contributed by atoms with E-state index in [1.165, 1.54) is 0 Å². The van der Waals surface area contributed by atoms with Crippen molar-refractivity contribution in [1.82, 2.24) is 20.1 Å². The highest BCUT2D eigenvalue weighted by atomic mass is 16.4. The Morgan fingerprint density at radius 3 is 2.85 bits per heavy atom. The molecule has 27 heavy (non-hydrogen) atoms. The number of pyridine rings is 1. The van der Waals surface area contributed by atoms with E-state index in [4.69, 9.17) is 0 Å². The fourth-order valence-corrected chi connectivity index (χ4v) is 3.54. The normalized spacial score (nSPS) is 13.2. The highest BCUT2D eigenvalue weighted by molar-refractivity contribution is 5.97. The Kier molecular flexibility index (Phi) is 3.99. The quantitative estimate of drug-likeness (QED) is 0.746. The average Bonchev–Trinajstić information content (AvgIpc) is 3.00. The van der Waals surface area contributed by atoms with Gasteiger partial charge in [0, 0.05) is 24.7 Å². The Bertz CT molecular complexity index is 1080. The maximum absolute atomic E-state index is 12.2. The van der Waals surface area contributed by atoms with Crippen LogP contribution in [0.5, 0.6) is 0 Å². The van der Waals surface area contributed by atoms with Crippen LogP contribution >= 0.6 is 0 Å². The molecule has 0 radical (unpaired) electrons. The summed E-state index contributed by atoms with van der Waals surface area (Å²) in [6.45, 7) is 4.18. The number of carbonyl (C=O) groups is 2. The summed E-state index contributed by atoms with van der Waals surface area (Å²) < 4.78 is 1.78. The van der Waals surface area contributed by atoms with Crippen LogP contribution in [0.2, 0.25) is 0 Å². The lowest BCUT2D eigenvalue weighted by Crippen LogP contribution is -2.32. The first-order valence-corrected chi connectivity index (χ1v) is 8.63. The van der Waals surface area contributed by atoms with Gasteiger partial charge < -0.3 is 10.4 Å². The van der Waals surface area contributed by atoms with E-state index >= 15 is 0 Å². The number of rotatable bonds is 3. The minimum atomic E-state index is -0.965. The molecule has 3 heterocycles. The lowest BCUT2D eigenvalue weighted by molar-refractivity contribution is 0.0696. The third-order valence-electron chi connectivity index (χ3n) is 4.86. The fourth-order valence-electron chi connectivity index (χ4n) is 3.54. The van der Waals surface area contributed by atoms with Gasteiger partial charge in [-0.3, -0.25) is 9.78 Å². The van der Waals surface area contributed by atoms with Gasteiger partial charge in [0.2, 0.25) is 0 Å². The molecule has 0 aliphatic carbocycles. The Morgan fingerprint density at radius 1 is 1.26 bits per heavy atom. The second-order valence-electron chi connectivity index (χ2n) is 6.51. The van der Waals surface area contributed by atoms with Crippen LogP contribution in [-0.4, -0.2) is 38.3 Å². The molecule has 7 nitrogen and oxygen atoms in total. The van der Waals surface area contributed by atoms with Crippen molar-refractivity contribution >= 4 is 11.9 Å². The summed E-state index contributed by atoms with van der Waals surface area (Å²) in [6.07, 6.45) is 2.37. The van der Waals surface area contributed by atoms with Gasteiger partial charge >= 0.3 is 5.97 Å². The number of aromatic nitrogens is 3. The molecule has 1 aromatic carbocycles. The summed E-state index contributed by atoms with van der Waals surface area (Å²) in [5.41, 5.74) is 5.32.